The highest BCUT2D eigenvalue weighted by molar-refractivity contribution is 7.09. The Balaban J connectivity index is 0.000000741. The lowest BCUT2D eigenvalue weighted by Gasteiger charge is -2.21. The molecule has 1 atom stereocenters. The normalized spacial score (nSPS) is 21.3. The summed E-state index contributed by atoms with van der Waals surface area (Å²) >= 11 is 1.79. The molecule has 0 saturated heterocycles. The van der Waals surface area contributed by atoms with Crippen molar-refractivity contribution in [1.29, 1.82) is 0 Å². The Morgan fingerprint density at radius 2 is 1.74 bits per heavy atom. The topological polar surface area (TPSA) is 12.9 Å². The van der Waals surface area contributed by atoms with Gasteiger partial charge in [-0.05, 0) is 38.0 Å². The fourth-order valence-corrected chi connectivity index (χ4v) is 3.22. The van der Waals surface area contributed by atoms with Crippen LogP contribution in [0.5, 0.6) is 0 Å². The first-order valence-corrected chi connectivity index (χ1v) is 8.87. The SMILES string of the molecule is CC.CC.Cc1nc(C2CCCC(C)(C)CC2)cs1. The second-order valence-corrected chi connectivity index (χ2v) is 6.65. The molecule has 1 nitrogen and oxygen atoms in total. The van der Waals surface area contributed by atoms with Crippen LogP contribution in [0, 0.1) is 12.3 Å². The van der Waals surface area contributed by atoms with E-state index in [2.05, 4.69) is 31.1 Å². The van der Waals surface area contributed by atoms with Crippen LogP contribution in [0.2, 0.25) is 0 Å². The first-order valence-electron chi connectivity index (χ1n) is 7.99. The van der Waals surface area contributed by atoms with E-state index in [9.17, 15) is 0 Å². The Morgan fingerprint density at radius 1 is 1.11 bits per heavy atom. The maximum absolute atomic E-state index is 4.64. The molecule has 19 heavy (non-hydrogen) atoms. The van der Waals surface area contributed by atoms with Crippen molar-refractivity contribution in [2.75, 3.05) is 0 Å². The zero-order valence-corrected chi connectivity index (χ0v) is 14.9. The lowest BCUT2D eigenvalue weighted by molar-refractivity contribution is 0.312. The molecular formula is C17H33NS. The van der Waals surface area contributed by atoms with E-state index in [1.54, 1.807) is 11.3 Å². The summed E-state index contributed by atoms with van der Waals surface area (Å²) in [6.07, 6.45) is 6.78. The first-order chi connectivity index (χ1) is 9.07. The van der Waals surface area contributed by atoms with Crippen molar-refractivity contribution in [2.45, 2.75) is 86.5 Å². The summed E-state index contributed by atoms with van der Waals surface area (Å²) in [6.45, 7) is 14.9. The predicted octanol–water partition coefficient (Wildman–Crippen LogP) is 6.58. The highest BCUT2D eigenvalue weighted by Crippen LogP contribution is 2.40. The number of nitrogens with zero attached hydrogens (tertiary/aromatic N) is 1. The minimum atomic E-state index is 0.555. The highest BCUT2D eigenvalue weighted by atomic mass is 32.1. The van der Waals surface area contributed by atoms with E-state index in [0.29, 0.717) is 5.41 Å². The van der Waals surface area contributed by atoms with E-state index < -0.39 is 0 Å². The molecule has 1 unspecified atom stereocenters. The largest absolute Gasteiger partial charge is 0.246 e. The van der Waals surface area contributed by atoms with Gasteiger partial charge in [-0.3, -0.25) is 0 Å². The minimum absolute atomic E-state index is 0.555. The van der Waals surface area contributed by atoms with E-state index in [-0.39, 0.29) is 0 Å². The lowest BCUT2D eigenvalue weighted by atomic mass is 9.84. The zero-order valence-electron chi connectivity index (χ0n) is 14.0. The van der Waals surface area contributed by atoms with Crippen molar-refractivity contribution < 1.29 is 0 Å². The van der Waals surface area contributed by atoms with E-state index in [0.717, 1.165) is 5.92 Å². The maximum atomic E-state index is 4.64. The van der Waals surface area contributed by atoms with Gasteiger partial charge < -0.3 is 0 Å². The van der Waals surface area contributed by atoms with Gasteiger partial charge in [-0.15, -0.1) is 11.3 Å². The number of hydrogen-bond donors (Lipinski definition) is 0. The molecule has 2 heteroatoms. The molecule has 0 aliphatic heterocycles. The average Bonchev–Trinajstić information content (AvgIpc) is 2.76. The van der Waals surface area contributed by atoms with Crippen molar-refractivity contribution in [1.82, 2.24) is 4.98 Å². The van der Waals surface area contributed by atoms with Crippen molar-refractivity contribution in [3.05, 3.63) is 16.1 Å². The van der Waals surface area contributed by atoms with Crippen molar-refractivity contribution in [2.24, 2.45) is 5.41 Å². The minimum Gasteiger partial charge on any atom is -0.246 e. The number of hydrogen-bond acceptors (Lipinski definition) is 2. The number of rotatable bonds is 1. The highest BCUT2D eigenvalue weighted by Gasteiger charge is 2.25. The van der Waals surface area contributed by atoms with Gasteiger partial charge in [-0.2, -0.15) is 0 Å². The zero-order chi connectivity index (χ0) is 14.9. The van der Waals surface area contributed by atoms with Crippen LogP contribution >= 0.6 is 11.3 Å². The maximum Gasteiger partial charge on any atom is 0.0897 e. The second kappa shape index (κ2) is 9.52. The Bertz CT molecular complexity index is 328. The lowest BCUT2D eigenvalue weighted by Crippen LogP contribution is -2.08. The number of aryl methyl sites for hydroxylation is 1. The van der Waals surface area contributed by atoms with Gasteiger partial charge in [-0.25, -0.2) is 4.98 Å². The molecule has 0 spiro atoms. The van der Waals surface area contributed by atoms with Crippen LogP contribution in [0.1, 0.15) is 90.3 Å². The third-order valence-corrected chi connectivity index (χ3v) is 4.42. The third-order valence-electron chi connectivity index (χ3n) is 3.63. The third kappa shape index (κ3) is 6.56. The van der Waals surface area contributed by atoms with Gasteiger partial charge in [0.2, 0.25) is 0 Å². The average molecular weight is 284 g/mol. The summed E-state index contributed by atoms with van der Waals surface area (Å²) in [7, 11) is 0. The van der Waals surface area contributed by atoms with Crippen LogP contribution in [-0.2, 0) is 0 Å². The number of aromatic nitrogens is 1. The molecule has 1 aromatic heterocycles. The summed E-state index contributed by atoms with van der Waals surface area (Å²) in [5.41, 5.74) is 1.91. The van der Waals surface area contributed by atoms with Gasteiger partial charge in [0.05, 0.1) is 10.7 Å². The quantitative estimate of drug-likeness (QED) is 0.531. The van der Waals surface area contributed by atoms with Gasteiger partial charge in [0, 0.05) is 11.3 Å². The molecule has 1 aliphatic carbocycles. The van der Waals surface area contributed by atoms with E-state index in [1.807, 2.05) is 27.7 Å². The Labute approximate surface area is 124 Å². The molecule has 112 valence electrons. The Hall–Kier alpha value is -0.370. The molecule has 1 heterocycles. The van der Waals surface area contributed by atoms with E-state index >= 15 is 0 Å². The van der Waals surface area contributed by atoms with Gasteiger partial charge in [-0.1, -0.05) is 48.0 Å². The first kappa shape index (κ1) is 18.6. The molecule has 0 aromatic carbocycles. The fourth-order valence-electron chi connectivity index (χ4n) is 2.52. The second-order valence-electron chi connectivity index (χ2n) is 5.58. The molecule has 1 fully saturated rings. The Morgan fingerprint density at radius 3 is 2.26 bits per heavy atom. The summed E-state index contributed by atoms with van der Waals surface area (Å²) < 4.78 is 0. The molecular weight excluding hydrogens is 250 g/mol. The summed E-state index contributed by atoms with van der Waals surface area (Å²) in [5, 5.41) is 3.48. The molecule has 0 bridgehead atoms. The van der Waals surface area contributed by atoms with Crippen LogP contribution in [0.25, 0.3) is 0 Å². The molecule has 0 N–H and O–H groups in total. The molecule has 0 amide bonds. The van der Waals surface area contributed by atoms with Crippen molar-refractivity contribution in [3.63, 3.8) is 0 Å². The van der Waals surface area contributed by atoms with Crippen molar-refractivity contribution >= 4 is 11.3 Å². The van der Waals surface area contributed by atoms with Crippen LogP contribution in [0.4, 0.5) is 0 Å². The van der Waals surface area contributed by atoms with Gasteiger partial charge >= 0.3 is 0 Å². The summed E-state index contributed by atoms with van der Waals surface area (Å²) in [5.74, 6) is 0.733. The molecule has 2 rings (SSSR count). The monoisotopic (exact) mass is 283 g/mol. The van der Waals surface area contributed by atoms with Gasteiger partial charge in [0.1, 0.15) is 0 Å². The molecule has 1 aliphatic rings. The number of thiazole rings is 1. The van der Waals surface area contributed by atoms with E-state index in [4.69, 9.17) is 0 Å². The van der Waals surface area contributed by atoms with Gasteiger partial charge in [0.25, 0.3) is 0 Å². The summed E-state index contributed by atoms with van der Waals surface area (Å²) in [6, 6.07) is 0. The predicted molar refractivity (Wildman–Crippen MR) is 89.2 cm³/mol. The van der Waals surface area contributed by atoms with Crippen molar-refractivity contribution in [3.8, 4) is 0 Å². The van der Waals surface area contributed by atoms with Crippen LogP contribution in [0.3, 0.4) is 0 Å². The Kier molecular flexibility index (Phi) is 9.34. The standard InChI is InChI=1S/C13H21NS.2C2H6/c1-10-14-12(9-15-10)11-5-4-7-13(2,3)8-6-11;2*1-2/h9,11H,4-8H2,1-3H3;2*1-2H3. The van der Waals surface area contributed by atoms with Crippen LogP contribution < -0.4 is 0 Å². The van der Waals surface area contributed by atoms with E-state index in [1.165, 1.54) is 42.8 Å². The van der Waals surface area contributed by atoms with Crippen LogP contribution in [-0.4, -0.2) is 4.98 Å². The van der Waals surface area contributed by atoms with Crippen LogP contribution in [0.15, 0.2) is 5.38 Å². The summed E-state index contributed by atoms with van der Waals surface area (Å²) in [4.78, 5) is 4.64. The van der Waals surface area contributed by atoms with Gasteiger partial charge in [0.15, 0.2) is 0 Å². The fraction of sp³-hybridized carbons (Fsp3) is 0.824. The molecule has 0 radical (unpaired) electrons. The molecule has 1 saturated carbocycles. The smallest absolute Gasteiger partial charge is 0.0897 e. The molecule has 1 aromatic rings.